The van der Waals surface area contributed by atoms with Gasteiger partial charge in [-0.05, 0) is 45.2 Å². The van der Waals surface area contributed by atoms with E-state index >= 15 is 0 Å². The summed E-state index contributed by atoms with van der Waals surface area (Å²) in [6, 6.07) is 1.22. The van der Waals surface area contributed by atoms with Crippen molar-refractivity contribution in [1.29, 1.82) is 0 Å². The van der Waals surface area contributed by atoms with Gasteiger partial charge in [-0.3, -0.25) is 4.68 Å². The van der Waals surface area contributed by atoms with Gasteiger partial charge in [0.2, 0.25) is 0 Å². The van der Waals surface area contributed by atoms with E-state index < -0.39 is 0 Å². The van der Waals surface area contributed by atoms with Crippen molar-refractivity contribution in [2.75, 3.05) is 6.54 Å². The fraction of sp³-hybridized carbons (Fsp3) is 0.812. The summed E-state index contributed by atoms with van der Waals surface area (Å²) in [5.74, 6) is 0. The van der Waals surface area contributed by atoms with Crippen LogP contribution in [-0.2, 0) is 6.42 Å². The summed E-state index contributed by atoms with van der Waals surface area (Å²) in [6.07, 6.45) is 7.86. The van der Waals surface area contributed by atoms with Crippen molar-refractivity contribution in [2.24, 2.45) is 0 Å². The molecule has 19 heavy (non-hydrogen) atoms. The Morgan fingerprint density at radius 2 is 1.89 bits per heavy atom. The molecule has 2 rings (SSSR count). The highest BCUT2D eigenvalue weighted by molar-refractivity contribution is 5.25. The molecule has 0 spiro atoms. The molecule has 108 valence electrons. The summed E-state index contributed by atoms with van der Waals surface area (Å²) in [7, 11) is 0. The standard InChI is InChI=1S/C16H29N3/c1-12(2)17-11-10-16-13(3)18-19(14(16)4)15-8-6-5-7-9-15/h12,15,17H,5-11H2,1-4H3. The van der Waals surface area contributed by atoms with Gasteiger partial charge in [-0.1, -0.05) is 33.1 Å². The third-order valence-electron chi connectivity index (χ3n) is 4.32. The van der Waals surface area contributed by atoms with Crippen LogP contribution in [0.5, 0.6) is 0 Å². The lowest BCUT2D eigenvalue weighted by atomic mass is 9.95. The average Bonchev–Trinajstić information content (AvgIpc) is 2.67. The molecule has 1 aliphatic rings. The molecule has 0 atom stereocenters. The minimum Gasteiger partial charge on any atom is -0.314 e. The molecule has 1 aromatic rings. The molecule has 3 nitrogen and oxygen atoms in total. The van der Waals surface area contributed by atoms with Gasteiger partial charge in [-0.15, -0.1) is 0 Å². The van der Waals surface area contributed by atoms with Crippen LogP contribution in [0.1, 0.15) is 68.9 Å². The molecule has 0 aliphatic heterocycles. The molecule has 1 aliphatic carbocycles. The third kappa shape index (κ3) is 3.59. The molecule has 0 bridgehead atoms. The van der Waals surface area contributed by atoms with Crippen LogP contribution in [-0.4, -0.2) is 22.4 Å². The second kappa shape index (κ2) is 6.56. The van der Waals surface area contributed by atoms with Crippen LogP contribution in [0.25, 0.3) is 0 Å². The molecule has 1 fully saturated rings. The van der Waals surface area contributed by atoms with Crippen molar-refractivity contribution in [2.45, 2.75) is 78.3 Å². The predicted octanol–water partition coefficient (Wildman–Crippen LogP) is 3.55. The van der Waals surface area contributed by atoms with Gasteiger partial charge in [-0.25, -0.2) is 0 Å². The van der Waals surface area contributed by atoms with Crippen LogP contribution < -0.4 is 5.32 Å². The Morgan fingerprint density at radius 1 is 1.21 bits per heavy atom. The molecule has 0 aromatic carbocycles. The zero-order valence-electron chi connectivity index (χ0n) is 13.0. The molecule has 0 radical (unpaired) electrons. The number of hydrogen-bond donors (Lipinski definition) is 1. The quantitative estimate of drug-likeness (QED) is 0.880. The summed E-state index contributed by atoms with van der Waals surface area (Å²) in [5.41, 5.74) is 4.09. The Morgan fingerprint density at radius 3 is 2.53 bits per heavy atom. The Kier molecular flexibility index (Phi) is 5.03. The van der Waals surface area contributed by atoms with E-state index in [-0.39, 0.29) is 0 Å². The first-order valence-corrected chi connectivity index (χ1v) is 7.87. The smallest absolute Gasteiger partial charge is 0.0629 e. The fourth-order valence-electron chi connectivity index (χ4n) is 3.23. The summed E-state index contributed by atoms with van der Waals surface area (Å²) >= 11 is 0. The Bertz CT molecular complexity index is 400. The highest BCUT2D eigenvalue weighted by atomic mass is 15.3. The molecular weight excluding hydrogens is 234 g/mol. The van der Waals surface area contributed by atoms with Gasteiger partial charge < -0.3 is 5.32 Å². The zero-order valence-corrected chi connectivity index (χ0v) is 13.0. The van der Waals surface area contributed by atoms with E-state index in [4.69, 9.17) is 5.10 Å². The summed E-state index contributed by atoms with van der Waals surface area (Å²) < 4.78 is 2.32. The summed E-state index contributed by atoms with van der Waals surface area (Å²) in [6.45, 7) is 9.86. The van der Waals surface area contributed by atoms with Crippen molar-refractivity contribution in [3.63, 3.8) is 0 Å². The minimum absolute atomic E-state index is 0.564. The summed E-state index contributed by atoms with van der Waals surface area (Å²) in [4.78, 5) is 0. The number of hydrogen-bond acceptors (Lipinski definition) is 2. The number of rotatable bonds is 5. The van der Waals surface area contributed by atoms with E-state index in [9.17, 15) is 0 Å². The second-order valence-electron chi connectivity index (χ2n) is 6.24. The van der Waals surface area contributed by atoms with Crippen LogP contribution in [0.3, 0.4) is 0 Å². The molecule has 0 unspecified atom stereocenters. The van der Waals surface area contributed by atoms with Crippen molar-refractivity contribution < 1.29 is 0 Å². The van der Waals surface area contributed by atoms with Gasteiger partial charge in [0, 0.05) is 11.7 Å². The van der Waals surface area contributed by atoms with E-state index in [1.54, 1.807) is 0 Å². The van der Waals surface area contributed by atoms with Crippen LogP contribution >= 0.6 is 0 Å². The highest BCUT2D eigenvalue weighted by Gasteiger charge is 2.20. The number of aromatic nitrogens is 2. The first kappa shape index (κ1) is 14.6. The van der Waals surface area contributed by atoms with E-state index in [1.165, 1.54) is 49.1 Å². The number of nitrogens with zero attached hydrogens (tertiary/aromatic N) is 2. The SMILES string of the molecule is Cc1nn(C2CCCCC2)c(C)c1CCNC(C)C. The second-order valence-corrected chi connectivity index (χ2v) is 6.24. The highest BCUT2D eigenvalue weighted by Crippen LogP contribution is 2.30. The Labute approximate surface area is 117 Å². The maximum absolute atomic E-state index is 4.82. The van der Waals surface area contributed by atoms with E-state index in [1.807, 2.05) is 0 Å². The van der Waals surface area contributed by atoms with Gasteiger partial charge in [0.15, 0.2) is 0 Å². The van der Waals surface area contributed by atoms with Gasteiger partial charge in [0.1, 0.15) is 0 Å². The number of nitrogens with one attached hydrogen (secondary N) is 1. The van der Waals surface area contributed by atoms with Gasteiger partial charge in [0.05, 0.1) is 11.7 Å². The molecule has 1 N–H and O–H groups in total. The van der Waals surface area contributed by atoms with Crippen LogP contribution in [0.4, 0.5) is 0 Å². The van der Waals surface area contributed by atoms with E-state index in [0.717, 1.165) is 13.0 Å². The lowest BCUT2D eigenvalue weighted by Gasteiger charge is -2.23. The largest absolute Gasteiger partial charge is 0.314 e. The van der Waals surface area contributed by atoms with Gasteiger partial charge in [0.25, 0.3) is 0 Å². The maximum atomic E-state index is 4.82. The zero-order chi connectivity index (χ0) is 13.8. The van der Waals surface area contributed by atoms with E-state index in [0.29, 0.717) is 12.1 Å². The van der Waals surface area contributed by atoms with Crippen LogP contribution in [0, 0.1) is 13.8 Å². The average molecular weight is 263 g/mol. The van der Waals surface area contributed by atoms with Gasteiger partial charge in [-0.2, -0.15) is 5.10 Å². The Hall–Kier alpha value is -0.830. The van der Waals surface area contributed by atoms with Crippen molar-refractivity contribution in [3.05, 3.63) is 17.0 Å². The normalized spacial score (nSPS) is 17.3. The minimum atomic E-state index is 0.564. The number of aryl methyl sites for hydroxylation is 1. The topological polar surface area (TPSA) is 29.9 Å². The Balaban J connectivity index is 2.05. The molecule has 1 heterocycles. The molecular formula is C16H29N3. The molecule has 0 saturated heterocycles. The monoisotopic (exact) mass is 263 g/mol. The first-order chi connectivity index (χ1) is 9.09. The third-order valence-corrected chi connectivity index (χ3v) is 4.32. The fourth-order valence-corrected chi connectivity index (χ4v) is 3.23. The molecule has 0 amide bonds. The molecule has 1 saturated carbocycles. The maximum Gasteiger partial charge on any atom is 0.0629 e. The van der Waals surface area contributed by atoms with Crippen molar-refractivity contribution >= 4 is 0 Å². The lowest BCUT2D eigenvalue weighted by molar-refractivity contribution is 0.324. The molecule has 3 heteroatoms. The van der Waals surface area contributed by atoms with Crippen molar-refractivity contribution in [1.82, 2.24) is 15.1 Å². The summed E-state index contributed by atoms with van der Waals surface area (Å²) in [5, 5.41) is 8.32. The van der Waals surface area contributed by atoms with Gasteiger partial charge >= 0.3 is 0 Å². The predicted molar refractivity (Wildman–Crippen MR) is 80.7 cm³/mol. The van der Waals surface area contributed by atoms with E-state index in [2.05, 4.69) is 37.7 Å². The first-order valence-electron chi connectivity index (χ1n) is 7.87. The van der Waals surface area contributed by atoms with Crippen LogP contribution in [0.15, 0.2) is 0 Å². The molecule has 1 aromatic heterocycles. The lowest BCUT2D eigenvalue weighted by Crippen LogP contribution is -2.25. The van der Waals surface area contributed by atoms with Crippen LogP contribution in [0.2, 0.25) is 0 Å². The van der Waals surface area contributed by atoms with Crippen molar-refractivity contribution in [3.8, 4) is 0 Å².